The summed E-state index contributed by atoms with van der Waals surface area (Å²) in [7, 11) is 0. The van der Waals surface area contributed by atoms with E-state index < -0.39 is 6.10 Å². The van der Waals surface area contributed by atoms with E-state index in [1.807, 2.05) is 0 Å². The molecular formula is C70H112O6. The largest absolute Gasteiger partial charge is 0.462 e. The highest BCUT2D eigenvalue weighted by molar-refractivity contribution is 5.71. The van der Waals surface area contributed by atoms with E-state index in [1.165, 1.54) is 57.8 Å². The summed E-state index contributed by atoms with van der Waals surface area (Å²) in [6.07, 6.45) is 90.4. The van der Waals surface area contributed by atoms with Crippen LogP contribution in [0.15, 0.2) is 146 Å². The molecule has 0 heterocycles. The van der Waals surface area contributed by atoms with Crippen LogP contribution in [0.4, 0.5) is 0 Å². The third-order valence-corrected chi connectivity index (χ3v) is 12.6. The standard InChI is InChI=1S/C70H112O6/c1-4-7-10-13-15-17-19-21-23-25-27-28-29-30-31-32-33-34-35-36-37-38-39-40-41-42-43-45-46-48-50-52-54-57-60-63-69(72)75-66-67(65-74-68(71)62-59-56-12-9-6-3)76-70(73)64-61-58-55-53-51-49-47-44-26-24-22-20-18-16-14-11-8-5-2/h7,10,15,17-18,20-21,23-24,26-28,30-31,33-34,36-37,39-40,42-43,46,48,67H,4-6,8-9,11-14,16,19,22,25,29,32,35,38,41,44-45,47,49-66H2,1-3H3/b10-7-,17-15-,20-18-,23-21-,26-24-,28-27-,31-30-,34-33-,37-36-,40-39-,43-42-,48-46-. The van der Waals surface area contributed by atoms with Crippen LogP contribution in [0.1, 0.15) is 258 Å². The molecule has 6 nitrogen and oxygen atoms in total. The molecule has 6 heteroatoms. The number of carbonyl (C=O) groups excluding carboxylic acids is 3. The Bertz CT molecular complexity index is 1680. The number of esters is 3. The smallest absolute Gasteiger partial charge is 0.306 e. The van der Waals surface area contributed by atoms with Gasteiger partial charge in [0.25, 0.3) is 0 Å². The van der Waals surface area contributed by atoms with Crippen LogP contribution in [0, 0.1) is 0 Å². The third kappa shape index (κ3) is 60.2. The van der Waals surface area contributed by atoms with Crippen LogP contribution in [0.25, 0.3) is 0 Å². The average molecular weight is 1050 g/mol. The zero-order chi connectivity index (χ0) is 55.0. The quantitative estimate of drug-likeness (QED) is 0.0261. The van der Waals surface area contributed by atoms with E-state index in [4.69, 9.17) is 14.2 Å². The summed E-state index contributed by atoms with van der Waals surface area (Å²) in [6, 6.07) is 0. The zero-order valence-electron chi connectivity index (χ0n) is 49.0. The molecule has 0 radical (unpaired) electrons. The van der Waals surface area contributed by atoms with Crippen molar-refractivity contribution in [2.24, 2.45) is 0 Å². The van der Waals surface area contributed by atoms with E-state index in [0.29, 0.717) is 19.3 Å². The normalized spacial score (nSPS) is 13.1. The third-order valence-electron chi connectivity index (χ3n) is 12.6. The van der Waals surface area contributed by atoms with Gasteiger partial charge in [-0.2, -0.15) is 0 Å². The fraction of sp³-hybridized carbons (Fsp3) is 0.614. The van der Waals surface area contributed by atoms with Crippen LogP contribution < -0.4 is 0 Å². The average Bonchev–Trinajstić information content (AvgIpc) is 3.42. The van der Waals surface area contributed by atoms with E-state index >= 15 is 0 Å². The van der Waals surface area contributed by atoms with Gasteiger partial charge in [-0.15, -0.1) is 0 Å². The molecule has 1 unspecified atom stereocenters. The van der Waals surface area contributed by atoms with Crippen LogP contribution in [0.2, 0.25) is 0 Å². The first-order chi connectivity index (χ1) is 37.5. The SMILES string of the molecule is CC/C=C\C/C=C\C/C=C\C/C=C\C/C=C\C/C=C\C/C=C\C/C=C\C/C=C\C/C=C\CCCCCCC(=O)OCC(COC(=O)CCCCCCC)OC(=O)CCCCCCCCC/C=C\C/C=C\CCCCCC. The first-order valence-corrected chi connectivity index (χ1v) is 30.8. The molecule has 0 N–H and O–H groups in total. The van der Waals surface area contributed by atoms with Crippen molar-refractivity contribution in [3.63, 3.8) is 0 Å². The Morgan fingerprint density at radius 2 is 0.513 bits per heavy atom. The molecular weight excluding hydrogens is 937 g/mol. The lowest BCUT2D eigenvalue weighted by Crippen LogP contribution is -2.30. The molecule has 0 saturated carbocycles. The maximum Gasteiger partial charge on any atom is 0.306 e. The minimum Gasteiger partial charge on any atom is -0.462 e. The maximum atomic E-state index is 12.8. The Balaban J connectivity index is 4.15. The highest BCUT2D eigenvalue weighted by atomic mass is 16.6. The van der Waals surface area contributed by atoms with Crippen molar-refractivity contribution in [1.82, 2.24) is 0 Å². The zero-order valence-corrected chi connectivity index (χ0v) is 49.0. The number of ether oxygens (including phenoxy) is 3. The van der Waals surface area contributed by atoms with E-state index in [1.54, 1.807) is 0 Å². The predicted octanol–water partition coefficient (Wildman–Crippen LogP) is 21.2. The molecule has 0 bridgehead atoms. The van der Waals surface area contributed by atoms with Crippen molar-refractivity contribution < 1.29 is 28.6 Å². The predicted molar refractivity (Wildman–Crippen MR) is 329 cm³/mol. The van der Waals surface area contributed by atoms with Gasteiger partial charge in [0, 0.05) is 19.3 Å². The fourth-order valence-corrected chi connectivity index (χ4v) is 7.97. The monoisotopic (exact) mass is 1050 g/mol. The van der Waals surface area contributed by atoms with Gasteiger partial charge in [-0.1, -0.05) is 256 Å². The van der Waals surface area contributed by atoms with Crippen LogP contribution in [-0.4, -0.2) is 37.2 Å². The summed E-state index contributed by atoms with van der Waals surface area (Å²) in [5.41, 5.74) is 0. The number of allylic oxidation sites excluding steroid dienone is 24. The molecule has 0 aliphatic rings. The summed E-state index contributed by atoms with van der Waals surface area (Å²) in [5, 5.41) is 0. The molecule has 1 atom stereocenters. The Morgan fingerprint density at radius 1 is 0.276 bits per heavy atom. The number of carbonyl (C=O) groups is 3. The van der Waals surface area contributed by atoms with Crippen molar-refractivity contribution in [1.29, 1.82) is 0 Å². The minimum atomic E-state index is -0.794. The lowest BCUT2D eigenvalue weighted by molar-refractivity contribution is -0.167. The summed E-state index contributed by atoms with van der Waals surface area (Å²) in [6.45, 7) is 6.39. The molecule has 0 saturated heterocycles. The number of unbranched alkanes of at least 4 members (excludes halogenated alkanes) is 19. The first-order valence-electron chi connectivity index (χ1n) is 30.8. The molecule has 0 fully saturated rings. The topological polar surface area (TPSA) is 78.9 Å². The van der Waals surface area contributed by atoms with Gasteiger partial charge < -0.3 is 14.2 Å². The van der Waals surface area contributed by atoms with Gasteiger partial charge in [0.15, 0.2) is 6.10 Å². The van der Waals surface area contributed by atoms with Crippen LogP contribution in [0.3, 0.4) is 0 Å². The molecule has 428 valence electrons. The van der Waals surface area contributed by atoms with Gasteiger partial charge in [-0.3, -0.25) is 14.4 Å². The van der Waals surface area contributed by atoms with Gasteiger partial charge in [0.2, 0.25) is 0 Å². The van der Waals surface area contributed by atoms with Crippen LogP contribution >= 0.6 is 0 Å². The van der Waals surface area contributed by atoms with E-state index in [9.17, 15) is 14.4 Å². The molecule has 0 spiro atoms. The van der Waals surface area contributed by atoms with Gasteiger partial charge in [-0.05, 0) is 128 Å². The van der Waals surface area contributed by atoms with E-state index in [2.05, 4.69) is 167 Å². The fourth-order valence-electron chi connectivity index (χ4n) is 7.97. The van der Waals surface area contributed by atoms with E-state index in [-0.39, 0.29) is 31.1 Å². The highest BCUT2D eigenvalue weighted by Gasteiger charge is 2.19. The molecule has 0 rings (SSSR count). The Morgan fingerprint density at radius 3 is 0.816 bits per heavy atom. The maximum absolute atomic E-state index is 12.8. The molecule has 0 amide bonds. The Labute approximate surface area is 467 Å². The van der Waals surface area contributed by atoms with Crippen LogP contribution in [0.5, 0.6) is 0 Å². The summed E-state index contributed by atoms with van der Waals surface area (Å²) >= 11 is 0. The van der Waals surface area contributed by atoms with Crippen molar-refractivity contribution in [2.75, 3.05) is 13.2 Å². The van der Waals surface area contributed by atoms with Crippen molar-refractivity contribution in [3.8, 4) is 0 Å². The molecule has 0 aromatic carbocycles. The van der Waals surface area contributed by atoms with Crippen molar-refractivity contribution in [2.45, 2.75) is 264 Å². The van der Waals surface area contributed by atoms with Gasteiger partial charge in [0.1, 0.15) is 13.2 Å². The lowest BCUT2D eigenvalue weighted by atomic mass is 10.1. The summed E-state index contributed by atoms with van der Waals surface area (Å²) < 4.78 is 16.7. The molecule has 0 aliphatic carbocycles. The first kappa shape index (κ1) is 71.3. The van der Waals surface area contributed by atoms with E-state index in [0.717, 1.165) is 161 Å². The second-order valence-corrected chi connectivity index (χ2v) is 19.9. The van der Waals surface area contributed by atoms with Gasteiger partial charge in [0.05, 0.1) is 0 Å². The molecule has 0 aliphatic heterocycles. The second kappa shape index (κ2) is 62.8. The lowest BCUT2D eigenvalue weighted by Gasteiger charge is -2.18. The van der Waals surface area contributed by atoms with Gasteiger partial charge in [-0.25, -0.2) is 0 Å². The second-order valence-electron chi connectivity index (χ2n) is 19.9. The van der Waals surface area contributed by atoms with Crippen molar-refractivity contribution >= 4 is 17.9 Å². The van der Waals surface area contributed by atoms with Crippen LogP contribution in [-0.2, 0) is 28.6 Å². The number of hydrogen-bond donors (Lipinski definition) is 0. The Hall–Kier alpha value is -4.71. The number of hydrogen-bond acceptors (Lipinski definition) is 6. The molecule has 76 heavy (non-hydrogen) atoms. The molecule has 0 aromatic rings. The molecule has 0 aromatic heterocycles. The van der Waals surface area contributed by atoms with Gasteiger partial charge >= 0.3 is 17.9 Å². The minimum absolute atomic E-state index is 0.0939. The number of rotatable bonds is 54. The van der Waals surface area contributed by atoms with Crippen molar-refractivity contribution in [3.05, 3.63) is 146 Å². The highest BCUT2D eigenvalue weighted by Crippen LogP contribution is 2.14. The summed E-state index contributed by atoms with van der Waals surface area (Å²) in [4.78, 5) is 37.8. The summed E-state index contributed by atoms with van der Waals surface area (Å²) in [5.74, 6) is -0.946. The Kier molecular flexibility index (Phi) is 58.9.